The Morgan fingerprint density at radius 3 is 0.895 bits per heavy atom. The van der Waals surface area contributed by atoms with E-state index in [0.717, 1.165) is 0 Å². The number of rotatable bonds is 2. The summed E-state index contributed by atoms with van der Waals surface area (Å²) in [5.74, 6) is 0. The van der Waals surface area contributed by atoms with E-state index in [-0.39, 0.29) is 46.8 Å². The Morgan fingerprint density at radius 1 is 0.395 bits per heavy atom. The van der Waals surface area contributed by atoms with Crippen LogP contribution in [0.3, 0.4) is 0 Å². The molecule has 0 saturated heterocycles. The molecule has 2 rings (SSSR count). The molecule has 0 N–H and O–H groups in total. The Labute approximate surface area is 244 Å². The van der Waals surface area contributed by atoms with Crippen molar-refractivity contribution in [3.8, 4) is 0 Å². The summed E-state index contributed by atoms with van der Waals surface area (Å²) in [6.07, 6.45) is 0. The van der Waals surface area contributed by atoms with E-state index < -0.39 is 0 Å². The molecule has 0 atom stereocenters. The van der Waals surface area contributed by atoms with Gasteiger partial charge in [0.25, 0.3) is 0 Å². The fourth-order valence-corrected chi connectivity index (χ4v) is 10.0. The first-order valence-electron chi connectivity index (χ1n) is 14.6. The minimum absolute atomic E-state index is 0.0466. The van der Waals surface area contributed by atoms with Crippen LogP contribution in [-0.4, -0.2) is 14.3 Å². The van der Waals surface area contributed by atoms with Gasteiger partial charge in [-0.2, -0.15) is 0 Å². The summed E-state index contributed by atoms with van der Waals surface area (Å²) in [4.78, 5) is 0. The van der Waals surface area contributed by atoms with Gasteiger partial charge in [0.05, 0.1) is 0 Å². The van der Waals surface area contributed by atoms with Gasteiger partial charge in [-0.05, 0) is 0 Å². The molecule has 0 heterocycles. The van der Waals surface area contributed by atoms with Crippen LogP contribution in [0, 0.1) is 0 Å². The van der Waals surface area contributed by atoms with E-state index in [9.17, 15) is 0 Å². The first kappa shape index (κ1) is 33.5. The number of benzene rings is 2. The molecule has 2 aromatic carbocycles. The van der Waals surface area contributed by atoms with E-state index in [4.69, 9.17) is 0 Å². The van der Waals surface area contributed by atoms with E-state index in [1.54, 1.807) is 20.9 Å². The van der Waals surface area contributed by atoms with Crippen LogP contribution in [0.2, 0.25) is 0 Å². The second-order valence-electron chi connectivity index (χ2n) is 17.7. The summed E-state index contributed by atoms with van der Waals surface area (Å²) in [6.45, 7) is 44.4. The second kappa shape index (κ2) is 10.6. The van der Waals surface area contributed by atoms with Crippen molar-refractivity contribution in [2.75, 3.05) is 0 Å². The summed E-state index contributed by atoms with van der Waals surface area (Å²) in [5, 5.41) is 1.58. The van der Waals surface area contributed by atoms with Crippen molar-refractivity contribution >= 4 is 30.8 Å². The van der Waals surface area contributed by atoms with E-state index in [0.29, 0.717) is 0 Å². The second-order valence-corrected chi connectivity index (χ2v) is 20.8. The van der Waals surface area contributed by atoms with Gasteiger partial charge in [-0.15, -0.1) is 0 Å². The Kier molecular flexibility index (Phi) is 9.33. The SMILES string of the molecule is CC(C)(C)c1cc(C(C)(C)C)[c]([Al]=[P]c2c(C(C)(C)C)cc(C(C)(C)C)cc2C(C)(C)C)c(C(C)(C)C)c1. The molecule has 0 bridgehead atoms. The first-order valence-corrected chi connectivity index (χ1v) is 17.7. The van der Waals surface area contributed by atoms with Crippen molar-refractivity contribution in [3.63, 3.8) is 0 Å². The molecule has 0 unspecified atom stereocenters. The normalized spacial score (nSPS) is 14.3. The van der Waals surface area contributed by atoms with Crippen LogP contribution >= 0.6 is 6.78 Å². The van der Waals surface area contributed by atoms with E-state index in [1.165, 1.54) is 29.0 Å². The van der Waals surface area contributed by atoms with Crippen LogP contribution in [0.25, 0.3) is 0 Å². The maximum absolute atomic E-state index is 2.55. The van der Waals surface area contributed by atoms with Gasteiger partial charge in [0, 0.05) is 0 Å². The fraction of sp³-hybridized carbons (Fsp3) is 0.667. The molecular weight excluding hydrogens is 490 g/mol. The van der Waals surface area contributed by atoms with Crippen molar-refractivity contribution < 1.29 is 0 Å². The van der Waals surface area contributed by atoms with Gasteiger partial charge in [-0.1, -0.05) is 0 Å². The summed E-state index contributed by atoms with van der Waals surface area (Å²) in [7, 11) is 0. The van der Waals surface area contributed by atoms with Crippen LogP contribution in [0.15, 0.2) is 24.3 Å². The molecule has 0 aliphatic rings. The zero-order chi connectivity index (χ0) is 29.9. The Hall–Kier alpha value is -0.728. The molecule has 0 aliphatic heterocycles. The van der Waals surface area contributed by atoms with Crippen molar-refractivity contribution in [3.05, 3.63) is 57.6 Å². The monoisotopic (exact) mass is 548 g/mol. The molecule has 0 aliphatic carbocycles. The number of hydrogen-bond donors (Lipinski definition) is 0. The predicted octanol–water partition coefficient (Wildman–Crippen LogP) is 9.99. The third-order valence-corrected chi connectivity index (χ3v) is 11.3. The molecule has 0 fully saturated rings. The molecule has 0 nitrogen and oxygen atoms in total. The summed E-state index contributed by atoms with van der Waals surface area (Å²) in [6, 6.07) is 10.2. The van der Waals surface area contributed by atoms with Crippen LogP contribution in [0.4, 0.5) is 0 Å². The molecule has 0 saturated carbocycles. The molecule has 2 aromatic rings. The van der Waals surface area contributed by atoms with Gasteiger partial charge in [0.2, 0.25) is 0 Å². The zero-order valence-electron chi connectivity index (χ0n) is 28.3. The average Bonchev–Trinajstić information content (AvgIpc) is 2.66. The van der Waals surface area contributed by atoms with Crippen LogP contribution in [-0.2, 0) is 32.5 Å². The number of hydrogen-bond acceptors (Lipinski definition) is 0. The minimum atomic E-state index is 0.0466. The zero-order valence-corrected chi connectivity index (χ0v) is 30.4. The summed E-state index contributed by atoms with van der Waals surface area (Å²) in [5.41, 5.74) is 9.76. The van der Waals surface area contributed by atoms with Gasteiger partial charge in [-0.25, -0.2) is 0 Å². The Bertz CT molecular complexity index is 1020. The molecule has 2 heteroatoms. The van der Waals surface area contributed by atoms with Crippen molar-refractivity contribution in [1.82, 2.24) is 0 Å². The molecule has 38 heavy (non-hydrogen) atoms. The average molecular weight is 549 g/mol. The molecule has 0 spiro atoms. The van der Waals surface area contributed by atoms with E-state index in [1.807, 2.05) is 0 Å². The van der Waals surface area contributed by atoms with Gasteiger partial charge in [0.1, 0.15) is 0 Å². The van der Waals surface area contributed by atoms with Crippen LogP contribution in [0.1, 0.15) is 158 Å². The van der Waals surface area contributed by atoms with Gasteiger partial charge < -0.3 is 0 Å². The van der Waals surface area contributed by atoms with Gasteiger partial charge in [-0.3, -0.25) is 0 Å². The van der Waals surface area contributed by atoms with E-state index in [2.05, 4.69) is 149 Å². The topological polar surface area (TPSA) is 0 Å². The van der Waals surface area contributed by atoms with Gasteiger partial charge >= 0.3 is 246 Å². The van der Waals surface area contributed by atoms with Crippen LogP contribution in [0.5, 0.6) is 0 Å². The summed E-state index contributed by atoms with van der Waals surface area (Å²) >= 11 is 0.0466. The standard InChI is InChI=1S/C18H29P.C18H29.Al/c1-16(2,3)12-10-13(17(4,5)6)15(19)14(11-12)18(7,8)9;1-16(2,3)13-10-14(17(4,5)6)12-15(11-13)18(7,8)9;/h10-11H,1-9H3;10-11H,1-9H3;. The van der Waals surface area contributed by atoms with Crippen molar-refractivity contribution in [1.29, 1.82) is 0 Å². The Morgan fingerprint density at radius 2 is 0.658 bits per heavy atom. The Balaban J connectivity index is 3.07. The van der Waals surface area contributed by atoms with Crippen molar-refractivity contribution in [2.24, 2.45) is 0 Å². The van der Waals surface area contributed by atoms with Gasteiger partial charge in [0.15, 0.2) is 0 Å². The third kappa shape index (κ3) is 7.93. The molecule has 0 radical (unpaired) electrons. The maximum atomic E-state index is 2.55. The fourth-order valence-electron chi connectivity index (χ4n) is 4.95. The molecule has 210 valence electrons. The van der Waals surface area contributed by atoms with E-state index >= 15 is 0 Å². The summed E-state index contributed by atoms with van der Waals surface area (Å²) < 4.78 is 1.64. The molecule has 0 aromatic heterocycles. The van der Waals surface area contributed by atoms with Crippen LogP contribution < -0.4 is 9.73 Å². The molecular formula is C36H58AlP. The predicted molar refractivity (Wildman–Crippen MR) is 177 cm³/mol. The molecule has 0 amide bonds. The third-order valence-electron chi connectivity index (χ3n) is 7.58. The van der Waals surface area contributed by atoms with Crippen molar-refractivity contribution in [2.45, 2.75) is 157 Å². The first-order chi connectivity index (χ1) is 16.6. The quantitative estimate of drug-likeness (QED) is 0.259.